The lowest BCUT2D eigenvalue weighted by atomic mass is 9.86. The second-order valence-corrected chi connectivity index (χ2v) is 10.6. The first-order valence-corrected chi connectivity index (χ1v) is 13.1. The van der Waals surface area contributed by atoms with Crippen molar-refractivity contribution in [2.75, 3.05) is 26.5 Å². The number of methoxy groups -OCH3 is 1. The van der Waals surface area contributed by atoms with Crippen LogP contribution in [-0.4, -0.2) is 45.2 Å². The molecule has 3 aromatic carbocycles. The first-order chi connectivity index (χ1) is 16.4. The Kier molecular flexibility index (Phi) is 7.32. The van der Waals surface area contributed by atoms with E-state index < -0.39 is 10.0 Å². The molecule has 176 valence electrons. The molecule has 1 fully saturated rings. The number of nitriles is 1. The fourth-order valence-corrected chi connectivity index (χ4v) is 5.45. The van der Waals surface area contributed by atoms with E-state index >= 15 is 0 Å². The first-order valence-electron chi connectivity index (χ1n) is 11.3. The van der Waals surface area contributed by atoms with Gasteiger partial charge in [-0.25, -0.2) is 12.7 Å². The SMILES string of the molecule is COc1ccc(-c2ccc(C#N)cc2)cc1CN[C@H]1CCN(S(C)(=O)=O)C[C@H]1c1ccccc1. The molecule has 0 saturated carbocycles. The Labute approximate surface area is 201 Å². The van der Waals surface area contributed by atoms with Crippen molar-refractivity contribution in [2.45, 2.75) is 24.9 Å². The van der Waals surface area contributed by atoms with E-state index in [1.807, 2.05) is 54.6 Å². The van der Waals surface area contributed by atoms with Crippen LogP contribution in [-0.2, 0) is 16.6 Å². The molecular formula is C27H29N3O3S. The number of rotatable bonds is 7. The Hall–Kier alpha value is -3.18. The zero-order chi connectivity index (χ0) is 24.1. The summed E-state index contributed by atoms with van der Waals surface area (Å²) in [4.78, 5) is 0. The Morgan fingerprint density at radius 3 is 2.41 bits per heavy atom. The lowest BCUT2D eigenvalue weighted by Crippen LogP contribution is -2.49. The van der Waals surface area contributed by atoms with Gasteiger partial charge in [-0.05, 0) is 47.4 Å². The number of piperidine rings is 1. The van der Waals surface area contributed by atoms with Crippen molar-refractivity contribution < 1.29 is 13.2 Å². The van der Waals surface area contributed by atoms with Crippen molar-refractivity contribution in [1.82, 2.24) is 9.62 Å². The molecule has 34 heavy (non-hydrogen) atoms. The molecule has 3 aromatic rings. The third-order valence-corrected chi connectivity index (χ3v) is 7.72. The topological polar surface area (TPSA) is 82.4 Å². The van der Waals surface area contributed by atoms with Gasteiger partial charge in [0.2, 0.25) is 10.0 Å². The molecule has 0 aliphatic carbocycles. The van der Waals surface area contributed by atoms with Crippen LogP contribution >= 0.6 is 0 Å². The summed E-state index contributed by atoms with van der Waals surface area (Å²) in [5, 5.41) is 12.7. The second-order valence-electron chi connectivity index (χ2n) is 8.63. The molecule has 0 radical (unpaired) electrons. The van der Waals surface area contributed by atoms with Crippen molar-refractivity contribution in [3.8, 4) is 22.9 Å². The van der Waals surface area contributed by atoms with Gasteiger partial charge < -0.3 is 10.1 Å². The maximum atomic E-state index is 12.2. The summed E-state index contributed by atoms with van der Waals surface area (Å²) >= 11 is 0. The van der Waals surface area contributed by atoms with Crippen LogP contribution in [0.5, 0.6) is 5.75 Å². The molecule has 7 heteroatoms. The van der Waals surface area contributed by atoms with Crippen LogP contribution in [0.2, 0.25) is 0 Å². The highest BCUT2D eigenvalue weighted by Gasteiger charge is 2.33. The number of nitrogens with zero attached hydrogens (tertiary/aromatic N) is 2. The zero-order valence-corrected chi connectivity index (χ0v) is 20.3. The smallest absolute Gasteiger partial charge is 0.211 e. The lowest BCUT2D eigenvalue weighted by Gasteiger charge is -2.38. The Morgan fingerprint density at radius 2 is 1.76 bits per heavy atom. The maximum Gasteiger partial charge on any atom is 0.211 e. The normalized spacial score (nSPS) is 18.9. The third-order valence-electron chi connectivity index (χ3n) is 6.45. The van der Waals surface area contributed by atoms with Crippen molar-refractivity contribution in [1.29, 1.82) is 5.26 Å². The van der Waals surface area contributed by atoms with Gasteiger partial charge in [0.15, 0.2) is 0 Å². The van der Waals surface area contributed by atoms with Gasteiger partial charge in [0.05, 0.1) is 25.0 Å². The van der Waals surface area contributed by atoms with Crippen molar-refractivity contribution in [3.05, 3.63) is 89.5 Å². The molecule has 6 nitrogen and oxygen atoms in total. The van der Waals surface area contributed by atoms with Gasteiger partial charge in [-0.15, -0.1) is 0 Å². The second kappa shape index (κ2) is 10.4. The Balaban J connectivity index is 1.56. The van der Waals surface area contributed by atoms with E-state index in [1.54, 1.807) is 11.4 Å². The van der Waals surface area contributed by atoms with Crippen molar-refractivity contribution in [2.24, 2.45) is 0 Å². The maximum absolute atomic E-state index is 12.2. The average molecular weight is 476 g/mol. The number of nitrogens with one attached hydrogen (secondary N) is 1. The number of hydrogen-bond donors (Lipinski definition) is 1. The van der Waals surface area contributed by atoms with Crippen LogP contribution in [0, 0.1) is 11.3 Å². The molecular weight excluding hydrogens is 446 g/mol. The average Bonchev–Trinajstić information content (AvgIpc) is 2.87. The summed E-state index contributed by atoms with van der Waals surface area (Å²) in [5.41, 5.74) is 4.88. The summed E-state index contributed by atoms with van der Waals surface area (Å²) in [5.74, 6) is 0.854. The van der Waals surface area contributed by atoms with Crippen LogP contribution in [0.15, 0.2) is 72.8 Å². The van der Waals surface area contributed by atoms with Crippen molar-refractivity contribution >= 4 is 10.0 Å². The fraction of sp³-hybridized carbons (Fsp3) is 0.296. The minimum Gasteiger partial charge on any atom is -0.496 e. The number of sulfonamides is 1. The lowest BCUT2D eigenvalue weighted by molar-refractivity contribution is 0.255. The predicted molar refractivity (Wildman–Crippen MR) is 134 cm³/mol. The van der Waals surface area contributed by atoms with Crippen LogP contribution in [0.1, 0.15) is 29.0 Å². The minimum absolute atomic E-state index is 0.0531. The van der Waals surface area contributed by atoms with E-state index in [1.165, 1.54) is 6.26 Å². The van der Waals surface area contributed by atoms with E-state index in [-0.39, 0.29) is 12.0 Å². The molecule has 2 atom stereocenters. The highest BCUT2D eigenvalue weighted by Crippen LogP contribution is 2.31. The number of ether oxygens (including phenoxy) is 1. The zero-order valence-electron chi connectivity index (χ0n) is 19.4. The van der Waals surface area contributed by atoms with E-state index in [4.69, 9.17) is 10.00 Å². The summed E-state index contributed by atoms with van der Waals surface area (Å²) < 4.78 is 31.6. The Morgan fingerprint density at radius 1 is 1.06 bits per heavy atom. The highest BCUT2D eigenvalue weighted by atomic mass is 32.2. The minimum atomic E-state index is -3.24. The van der Waals surface area contributed by atoms with Crippen LogP contribution in [0.25, 0.3) is 11.1 Å². The summed E-state index contributed by atoms with van der Waals surface area (Å²) in [6.07, 6.45) is 2.01. The van der Waals surface area contributed by atoms with Gasteiger partial charge in [-0.3, -0.25) is 0 Å². The van der Waals surface area contributed by atoms with Gasteiger partial charge in [-0.2, -0.15) is 5.26 Å². The molecule has 0 bridgehead atoms. The quantitative estimate of drug-likeness (QED) is 0.555. The van der Waals surface area contributed by atoms with Crippen LogP contribution < -0.4 is 10.1 Å². The van der Waals surface area contributed by atoms with E-state index in [0.717, 1.165) is 34.4 Å². The van der Waals surface area contributed by atoms with Gasteiger partial charge in [0.25, 0.3) is 0 Å². The highest BCUT2D eigenvalue weighted by molar-refractivity contribution is 7.88. The largest absolute Gasteiger partial charge is 0.496 e. The number of benzene rings is 3. The van der Waals surface area contributed by atoms with Gasteiger partial charge >= 0.3 is 0 Å². The third kappa shape index (κ3) is 5.48. The number of hydrogen-bond acceptors (Lipinski definition) is 5. The molecule has 4 rings (SSSR count). The summed E-state index contributed by atoms with van der Waals surface area (Å²) in [6.45, 7) is 1.56. The molecule has 1 aliphatic rings. The van der Waals surface area contributed by atoms with Crippen LogP contribution in [0.3, 0.4) is 0 Å². The molecule has 0 amide bonds. The van der Waals surface area contributed by atoms with Gasteiger partial charge in [0.1, 0.15) is 5.75 Å². The van der Waals surface area contributed by atoms with Gasteiger partial charge in [-0.1, -0.05) is 48.5 Å². The molecule has 1 saturated heterocycles. The fourth-order valence-electron chi connectivity index (χ4n) is 4.58. The van der Waals surface area contributed by atoms with Crippen LogP contribution in [0.4, 0.5) is 0 Å². The standard InChI is InChI=1S/C27H29N3O3S/c1-33-27-13-12-23(21-10-8-20(17-28)9-11-21)16-24(27)18-29-26-14-15-30(34(2,31)32)19-25(26)22-6-4-3-5-7-22/h3-13,16,25-26,29H,14-15,18-19H2,1-2H3/t25-,26-/m0/s1. The molecule has 0 aromatic heterocycles. The van der Waals surface area contributed by atoms with E-state index in [0.29, 0.717) is 25.2 Å². The van der Waals surface area contributed by atoms with E-state index in [9.17, 15) is 8.42 Å². The van der Waals surface area contributed by atoms with Gasteiger partial charge in [0, 0.05) is 37.2 Å². The summed E-state index contributed by atoms with van der Waals surface area (Å²) in [6, 6.07) is 26.0. The van der Waals surface area contributed by atoms with E-state index in [2.05, 4.69) is 29.6 Å². The Bertz CT molecular complexity index is 1270. The molecule has 1 heterocycles. The monoisotopic (exact) mass is 475 g/mol. The molecule has 1 aliphatic heterocycles. The predicted octanol–water partition coefficient (Wildman–Crippen LogP) is 4.14. The van der Waals surface area contributed by atoms with Crippen molar-refractivity contribution in [3.63, 3.8) is 0 Å². The molecule has 1 N–H and O–H groups in total. The molecule has 0 unspecified atom stereocenters. The first kappa shape index (κ1) is 24.0. The molecule has 0 spiro atoms. The summed E-state index contributed by atoms with van der Waals surface area (Å²) in [7, 11) is -1.58.